The molecule has 154 valence electrons. The molecule has 3 aromatic rings. The van der Waals surface area contributed by atoms with Crippen molar-refractivity contribution in [1.29, 1.82) is 0 Å². The lowest BCUT2D eigenvalue weighted by Crippen LogP contribution is -2.21. The lowest BCUT2D eigenvalue weighted by atomic mass is 10.0. The number of carbonyl (C=O) groups is 2. The summed E-state index contributed by atoms with van der Waals surface area (Å²) in [5, 5.41) is 7.08. The van der Waals surface area contributed by atoms with Crippen LogP contribution >= 0.6 is 34.5 Å². The first-order chi connectivity index (χ1) is 14.5. The third-order valence-corrected chi connectivity index (χ3v) is 6.31. The van der Waals surface area contributed by atoms with Gasteiger partial charge >= 0.3 is 0 Å². The lowest BCUT2D eigenvalue weighted by molar-refractivity contribution is -0.118. The van der Waals surface area contributed by atoms with Gasteiger partial charge in [-0.05, 0) is 41.8 Å². The molecule has 2 heterocycles. The Balaban J connectivity index is 1.32. The molecule has 1 aliphatic rings. The van der Waals surface area contributed by atoms with Crippen molar-refractivity contribution in [2.45, 2.75) is 19.3 Å². The fraction of sp³-hybridized carbons (Fsp3) is 0.190. The Morgan fingerprint density at radius 2 is 2.10 bits per heavy atom. The molecule has 0 unspecified atom stereocenters. The molecule has 9 heteroatoms. The van der Waals surface area contributed by atoms with Crippen LogP contribution in [0.2, 0.25) is 10.0 Å². The number of amides is 2. The number of aromatic nitrogens is 1. The lowest BCUT2D eigenvalue weighted by Gasteiger charge is -2.17. The summed E-state index contributed by atoms with van der Waals surface area (Å²) in [5.74, 6) is 0.286. The minimum Gasteiger partial charge on any atom is -0.484 e. The minimum atomic E-state index is -0.303. The van der Waals surface area contributed by atoms with Gasteiger partial charge in [0.05, 0.1) is 10.0 Å². The van der Waals surface area contributed by atoms with Crippen molar-refractivity contribution in [1.82, 2.24) is 4.98 Å². The van der Waals surface area contributed by atoms with Gasteiger partial charge in [0.25, 0.3) is 5.91 Å². The van der Waals surface area contributed by atoms with E-state index in [2.05, 4.69) is 15.6 Å². The molecule has 0 spiro atoms. The maximum atomic E-state index is 12.2. The quantitative estimate of drug-likeness (QED) is 0.544. The normalized spacial score (nSPS) is 12.8. The van der Waals surface area contributed by atoms with E-state index in [1.165, 1.54) is 11.3 Å². The average molecular weight is 462 g/mol. The van der Waals surface area contributed by atoms with Gasteiger partial charge in [0.15, 0.2) is 11.7 Å². The first kappa shape index (κ1) is 20.7. The summed E-state index contributed by atoms with van der Waals surface area (Å²) in [5.41, 5.74) is 2.69. The third kappa shape index (κ3) is 4.92. The van der Waals surface area contributed by atoms with Crippen molar-refractivity contribution in [3.63, 3.8) is 0 Å². The minimum absolute atomic E-state index is 0.0102. The van der Waals surface area contributed by atoms with Crippen molar-refractivity contribution in [3.05, 3.63) is 68.6 Å². The number of hydrogen-bond acceptors (Lipinski definition) is 5. The highest BCUT2D eigenvalue weighted by Gasteiger charge is 2.16. The Kier molecular flexibility index (Phi) is 6.22. The van der Waals surface area contributed by atoms with E-state index in [0.29, 0.717) is 40.2 Å². The first-order valence-electron chi connectivity index (χ1n) is 9.21. The van der Waals surface area contributed by atoms with Crippen molar-refractivity contribution in [2.75, 3.05) is 17.2 Å². The van der Waals surface area contributed by atoms with Gasteiger partial charge < -0.3 is 10.1 Å². The largest absolute Gasteiger partial charge is 0.484 e. The van der Waals surface area contributed by atoms with E-state index in [4.69, 9.17) is 27.9 Å². The summed E-state index contributed by atoms with van der Waals surface area (Å²) in [4.78, 5) is 28.8. The van der Waals surface area contributed by atoms with Crippen LogP contribution in [0.4, 0.5) is 10.8 Å². The second-order valence-electron chi connectivity index (χ2n) is 6.73. The fourth-order valence-corrected chi connectivity index (χ4v) is 4.31. The Bertz CT molecular complexity index is 1120. The zero-order chi connectivity index (χ0) is 21.1. The second-order valence-corrected chi connectivity index (χ2v) is 8.63. The summed E-state index contributed by atoms with van der Waals surface area (Å²) in [7, 11) is 0. The van der Waals surface area contributed by atoms with Gasteiger partial charge in [-0.1, -0.05) is 35.3 Å². The number of hydrogen-bond donors (Lipinski definition) is 2. The number of ether oxygens (including phenoxy) is 1. The Hall–Kier alpha value is -2.61. The molecule has 0 atom stereocenters. The number of benzene rings is 2. The highest BCUT2D eigenvalue weighted by atomic mass is 35.5. The molecule has 0 radical (unpaired) electrons. The van der Waals surface area contributed by atoms with Crippen LogP contribution < -0.4 is 15.4 Å². The van der Waals surface area contributed by atoms with Crippen LogP contribution in [0.5, 0.6) is 5.75 Å². The SMILES string of the molecule is O=C(COc1ccc2c(c1)CCC(=O)N2)Nc1ncc(Cc2cccc(Cl)c2Cl)s1. The van der Waals surface area contributed by atoms with Crippen LogP contribution in [0.1, 0.15) is 22.4 Å². The highest BCUT2D eigenvalue weighted by molar-refractivity contribution is 7.15. The number of carbonyl (C=O) groups excluding carboxylic acids is 2. The molecule has 2 aromatic carbocycles. The summed E-state index contributed by atoms with van der Waals surface area (Å²) in [6.07, 6.45) is 3.39. The van der Waals surface area contributed by atoms with Crippen LogP contribution in [-0.4, -0.2) is 23.4 Å². The zero-order valence-corrected chi connectivity index (χ0v) is 18.0. The number of nitrogens with one attached hydrogen (secondary N) is 2. The number of aryl methyl sites for hydroxylation is 1. The molecule has 4 rings (SSSR count). The van der Waals surface area contributed by atoms with E-state index in [-0.39, 0.29) is 18.4 Å². The summed E-state index contributed by atoms with van der Waals surface area (Å²) < 4.78 is 5.58. The number of fused-ring (bicyclic) bond motifs is 1. The zero-order valence-electron chi connectivity index (χ0n) is 15.7. The van der Waals surface area contributed by atoms with Crippen molar-refractivity contribution in [3.8, 4) is 5.75 Å². The predicted octanol–water partition coefficient (Wildman–Crippen LogP) is 4.94. The van der Waals surface area contributed by atoms with E-state index >= 15 is 0 Å². The number of nitrogens with zero attached hydrogens (tertiary/aromatic N) is 1. The van der Waals surface area contributed by atoms with Gasteiger partial charge in [-0.25, -0.2) is 4.98 Å². The van der Waals surface area contributed by atoms with Crippen LogP contribution in [0.3, 0.4) is 0 Å². The highest BCUT2D eigenvalue weighted by Crippen LogP contribution is 2.30. The van der Waals surface area contributed by atoms with Crippen LogP contribution in [0.15, 0.2) is 42.6 Å². The number of rotatable bonds is 6. The number of anilines is 2. The number of thiazole rings is 1. The van der Waals surface area contributed by atoms with E-state index in [1.54, 1.807) is 24.4 Å². The molecule has 0 fully saturated rings. The standard InChI is InChI=1S/C21H17Cl2N3O3S/c22-16-3-1-2-13(20(16)23)9-15-10-24-21(30-15)26-19(28)11-29-14-5-6-17-12(8-14)4-7-18(27)25-17/h1-3,5-6,8,10H,4,7,9,11H2,(H,25,27)(H,24,26,28). The predicted molar refractivity (Wildman–Crippen MR) is 119 cm³/mol. The first-order valence-corrected chi connectivity index (χ1v) is 10.8. The van der Waals surface area contributed by atoms with Crippen molar-refractivity contribution >= 4 is 57.2 Å². The van der Waals surface area contributed by atoms with Crippen LogP contribution in [0.25, 0.3) is 0 Å². The van der Waals surface area contributed by atoms with Crippen molar-refractivity contribution in [2.24, 2.45) is 0 Å². The van der Waals surface area contributed by atoms with Gasteiger partial charge in [0.2, 0.25) is 5.91 Å². The van der Waals surface area contributed by atoms with Crippen LogP contribution in [-0.2, 0) is 22.4 Å². The molecular weight excluding hydrogens is 445 g/mol. The Morgan fingerprint density at radius 1 is 1.23 bits per heavy atom. The molecule has 2 amide bonds. The molecule has 1 aliphatic heterocycles. The number of halogens is 2. The molecule has 0 saturated heterocycles. The average Bonchev–Trinajstić information content (AvgIpc) is 3.16. The van der Waals surface area contributed by atoms with E-state index in [0.717, 1.165) is 21.7 Å². The molecule has 2 N–H and O–H groups in total. The molecule has 1 aromatic heterocycles. The Morgan fingerprint density at radius 3 is 2.97 bits per heavy atom. The van der Waals surface area contributed by atoms with Crippen molar-refractivity contribution < 1.29 is 14.3 Å². The van der Waals surface area contributed by atoms with Crippen LogP contribution in [0, 0.1) is 0 Å². The molecular formula is C21H17Cl2N3O3S. The van der Waals surface area contributed by atoms with Gasteiger partial charge in [-0.15, -0.1) is 11.3 Å². The summed E-state index contributed by atoms with van der Waals surface area (Å²) in [6, 6.07) is 10.9. The van der Waals surface area contributed by atoms with Gasteiger partial charge in [-0.2, -0.15) is 0 Å². The monoisotopic (exact) mass is 461 g/mol. The molecule has 0 bridgehead atoms. The third-order valence-electron chi connectivity index (χ3n) is 4.54. The van der Waals surface area contributed by atoms with Gasteiger partial charge in [0, 0.05) is 29.6 Å². The van der Waals surface area contributed by atoms with Gasteiger partial charge in [0.1, 0.15) is 5.75 Å². The van der Waals surface area contributed by atoms with E-state index in [1.807, 2.05) is 18.2 Å². The summed E-state index contributed by atoms with van der Waals surface area (Å²) >= 11 is 13.7. The molecule has 6 nitrogen and oxygen atoms in total. The molecule has 30 heavy (non-hydrogen) atoms. The second kappa shape index (κ2) is 9.04. The maximum absolute atomic E-state index is 12.2. The topological polar surface area (TPSA) is 80.3 Å². The maximum Gasteiger partial charge on any atom is 0.264 e. The Labute approximate surface area is 187 Å². The van der Waals surface area contributed by atoms with E-state index < -0.39 is 0 Å². The molecule has 0 aliphatic carbocycles. The van der Waals surface area contributed by atoms with E-state index in [9.17, 15) is 9.59 Å². The summed E-state index contributed by atoms with van der Waals surface area (Å²) in [6.45, 7) is -0.139. The fourth-order valence-electron chi connectivity index (χ4n) is 3.07. The molecule has 0 saturated carbocycles. The smallest absolute Gasteiger partial charge is 0.264 e. The van der Waals surface area contributed by atoms with Gasteiger partial charge in [-0.3, -0.25) is 14.9 Å².